The van der Waals surface area contributed by atoms with Gasteiger partial charge in [0.15, 0.2) is 0 Å². The summed E-state index contributed by atoms with van der Waals surface area (Å²) in [5.41, 5.74) is -0.742. The lowest BCUT2D eigenvalue weighted by atomic mass is 10.1. The van der Waals surface area contributed by atoms with Crippen LogP contribution >= 0.6 is 0 Å². The summed E-state index contributed by atoms with van der Waals surface area (Å²) in [4.78, 5) is 3.73. The van der Waals surface area contributed by atoms with Crippen LogP contribution in [0.1, 0.15) is 18.4 Å². The molecule has 1 aliphatic rings. The van der Waals surface area contributed by atoms with Gasteiger partial charge in [0.25, 0.3) is 0 Å². The largest absolute Gasteiger partial charge is 0.417 e. The van der Waals surface area contributed by atoms with Crippen molar-refractivity contribution in [2.75, 3.05) is 31.6 Å². The number of nitrogens with one attached hydrogen (secondary N) is 2. The predicted octanol–water partition coefficient (Wildman–Crippen LogP) is 2.28. The monoisotopic (exact) mass is 289 g/mol. The second kappa shape index (κ2) is 6.90. The summed E-state index contributed by atoms with van der Waals surface area (Å²) in [5.74, 6) is 0.423. The molecule has 2 N–H and O–H groups in total. The predicted molar refractivity (Wildman–Crippen MR) is 69.6 cm³/mol. The van der Waals surface area contributed by atoms with Crippen molar-refractivity contribution < 1.29 is 17.9 Å². The number of piperidine rings is 1. The highest BCUT2D eigenvalue weighted by Gasteiger charge is 2.30. The van der Waals surface area contributed by atoms with Gasteiger partial charge >= 0.3 is 6.18 Å². The number of alkyl halides is 3. The van der Waals surface area contributed by atoms with Crippen LogP contribution in [0.4, 0.5) is 19.0 Å². The van der Waals surface area contributed by atoms with E-state index in [2.05, 4.69) is 15.6 Å². The standard InChI is InChI=1S/C13H18F3N3O/c14-13(15,16)10-1-2-12(19-9-10)18-7-8-20-11-3-5-17-6-4-11/h1-2,9,11,17H,3-8H2,(H,18,19). The zero-order chi connectivity index (χ0) is 14.4. The number of nitrogens with zero attached hydrogens (tertiary/aromatic N) is 1. The summed E-state index contributed by atoms with van der Waals surface area (Å²) in [6.07, 6.45) is -1.24. The molecule has 0 amide bonds. The van der Waals surface area contributed by atoms with E-state index in [0.29, 0.717) is 19.0 Å². The average molecular weight is 289 g/mol. The van der Waals surface area contributed by atoms with Gasteiger partial charge in [-0.2, -0.15) is 13.2 Å². The Balaban J connectivity index is 1.68. The minimum Gasteiger partial charge on any atom is -0.376 e. The van der Waals surface area contributed by atoms with Crippen LogP contribution < -0.4 is 10.6 Å². The van der Waals surface area contributed by atoms with Crippen LogP contribution in [0.15, 0.2) is 18.3 Å². The Kier molecular flexibility index (Phi) is 5.19. The van der Waals surface area contributed by atoms with Crippen molar-refractivity contribution in [3.05, 3.63) is 23.9 Å². The van der Waals surface area contributed by atoms with Crippen molar-refractivity contribution in [1.29, 1.82) is 0 Å². The second-order valence-electron chi connectivity index (χ2n) is 4.68. The van der Waals surface area contributed by atoms with Crippen LogP contribution in [0.3, 0.4) is 0 Å². The van der Waals surface area contributed by atoms with Crippen molar-refractivity contribution in [3.8, 4) is 0 Å². The molecule has 20 heavy (non-hydrogen) atoms. The molecule has 1 aliphatic heterocycles. The van der Waals surface area contributed by atoms with Gasteiger partial charge in [0, 0.05) is 12.7 Å². The van der Waals surface area contributed by atoms with Gasteiger partial charge in [-0.05, 0) is 38.1 Å². The Hall–Kier alpha value is -1.34. The maximum Gasteiger partial charge on any atom is 0.417 e. The van der Waals surface area contributed by atoms with Gasteiger partial charge in [0.2, 0.25) is 0 Å². The summed E-state index contributed by atoms with van der Waals surface area (Å²) >= 11 is 0. The molecule has 0 spiro atoms. The molecule has 1 fully saturated rings. The molecular formula is C13H18F3N3O. The van der Waals surface area contributed by atoms with E-state index in [1.165, 1.54) is 6.07 Å². The third-order valence-electron chi connectivity index (χ3n) is 3.14. The number of hydrogen-bond donors (Lipinski definition) is 2. The first-order valence-electron chi connectivity index (χ1n) is 6.65. The molecular weight excluding hydrogens is 271 g/mol. The molecule has 0 atom stereocenters. The molecule has 0 saturated carbocycles. The number of ether oxygens (including phenoxy) is 1. The minimum absolute atomic E-state index is 0.276. The number of hydrogen-bond acceptors (Lipinski definition) is 4. The molecule has 1 aromatic heterocycles. The maximum atomic E-state index is 12.3. The molecule has 0 radical (unpaired) electrons. The molecule has 0 aliphatic carbocycles. The van der Waals surface area contributed by atoms with Gasteiger partial charge in [0.1, 0.15) is 5.82 Å². The van der Waals surface area contributed by atoms with Crippen LogP contribution in [-0.2, 0) is 10.9 Å². The van der Waals surface area contributed by atoms with Crippen molar-refractivity contribution in [1.82, 2.24) is 10.3 Å². The molecule has 0 aromatic carbocycles. The third-order valence-corrected chi connectivity index (χ3v) is 3.14. The molecule has 2 heterocycles. The number of aromatic nitrogens is 1. The zero-order valence-electron chi connectivity index (χ0n) is 11.0. The van der Waals surface area contributed by atoms with Crippen molar-refractivity contribution in [3.63, 3.8) is 0 Å². The van der Waals surface area contributed by atoms with Crippen LogP contribution in [0.2, 0.25) is 0 Å². The van der Waals surface area contributed by atoms with Gasteiger partial charge in [0.05, 0.1) is 18.3 Å². The maximum absolute atomic E-state index is 12.3. The van der Waals surface area contributed by atoms with Crippen LogP contribution in [0.25, 0.3) is 0 Å². The first-order chi connectivity index (χ1) is 9.55. The van der Waals surface area contributed by atoms with E-state index in [4.69, 9.17) is 4.74 Å². The fraction of sp³-hybridized carbons (Fsp3) is 0.615. The SMILES string of the molecule is FC(F)(F)c1ccc(NCCOC2CCNCC2)nc1. The zero-order valence-corrected chi connectivity index (χ0v) is 11.0. The average Bonchev–Trinajstić information content (AvgIpc) is 2.44. The summed E-state index contributed by atoms with van der Waals surface area (Å²) in [6.45, 7) is 2.99. The minimum atomic E-state index is -4.34. The second-order valence-corrected chi connectivity index (χ2v) is 4.68. The number of anilines is 1. The van der Waals surface area contributed by atoms with Crippen LogP contribution in [0, 0.1) is 0 Å². The van der Waals surface area contributed by atoms with Gasteiger partial charge < -0.3 is 15.4 Å². The van der Waals surface area contributed by atoms with Crippen LogP contribution in [-0.4, -0.2) is 37.3 Å². The summed E-state index contributed by atoms with van der Waals surface area (Å²) in [6, 6.07) is 2.34. The summed E-state index contributed by atoms with van der Waals surface area (Å²) < 4.78 is 42.7. The number of halogens is 3. The molecule has 112 valence electrons. The number of rotatable bonds is 5. The van der Waals surface area contributed by atoms with Crippen molar-refractivity contribution in [2.45, 2.75) is 25.1 Å². The lowest BCUT2D eigenvalue weighted by Crippen LogP contribution is -2.33. The molecule has 0 unspecified atom stereocenters. The quantitative estimate of drug-likeness (QED) is 0.816. The fourth-order valence-electron chi connectivity index (χ4n) is 2.03. The Morgan fingerprint density at radius 1 is 1.30 bits per heavy atom. The Bertz CT molecular complexity index is 402. The van der Waals surface area contributed by atoms with E-state index in [1.807, 2.05) is 0 Å². The third kappa shape index (κ3) is 4.64. The fourth-order valence-corrected chi connectivity index (χ4v) is 2.03. The molecule has 1 saturated heterocycles. The van der Waals surface area contributed by atoms with E-state index >= 15 is 0 Å². The highest BCUT2D eigenvalue weighted by molar-refractivity contribution is 5.35. The van der Waals surface area contributed by atoms with E-state index in [0.717, 1.165) is 38.2 Å². The highest BCUT2D eigenvalue weighted by atomic mass is 19.4. The van der Waals surface area contributed by atoms with Gasteiger partial charge in [-0.1, -0.05) is 0 Å². The first-order valence-corrected chi connectivity index (χ1v) is 6.65. The van der Waals surface area contributed by atoms with E-state index < -0.39 is 11.7 Å². The lowest BCUT2D eigenvalue weighted by Gasteiger charge is -2.23. The Morgan fingerprint density at radius 2 is 2.05 bits per heavy atom. The lowest BCUT2D eigenvalue weighted by molar-refractivity contribution is -0.137. The summed E-state index contributed by atoms with van der Waals surface area (Å²) in [7, 11) is 0. The van der Waals surface area contributed by atoms with E-state index in [-0.39, 0.29) is 6.10 Å². The molecule has 7 heteroatoms. The van der Waals surface area contributed by atoms with Gasteiger partial charge in [-0.3, -0.25) is 0 Å². The molecule has 0 bridgehead atoms. The summed E-state index contributed by atoms with van der Waals surface area (Å²) in [5, 5.41) is 6.19. The van der Waals surface area contributed by atoms with E-state index in [1.54, 1.807) is 0 Å². The van der Waals surface area contributed by atoms with Crippen molar-refractivity contribution >= 4 is 5.82 Å². The van der Waals surface area contributed by atoms with Gasteiger partial charge in [-0.15, -0.1) is 0 Å². The Morgan fingerprint density at radius 3 is 2.65 bits per heavy atom. The number of pyridine rings is 1. The van der Waals surface area contributed by atoms with E-state index in [9.17, 15) is 13.2 Å². The van der Waals surface area contributed by atoms with Crippen LogP contribution in [0.5, 0.6) is 0 Å². The molecule has 4 nitrogen and oxygen atoms in total. The normalized spacial score (nSPS) is 17.1. The molecule has 1 aromatic rings. The smallest absolute Gasteiger partial charge is 0.376 e. The molecule has 2 rings (SSSR count). The van der Waals surface area contributed by atoms with Crippen molar-refractivity contribution in [2.24, 2.45) is 0 Å². The first kappa shape index (κ1) is 15.1. The van der Waals surface area contributed by atoms with Gasteiger partial charge in [-0.25, -0.2) is 4.98 Å². The topological polar surface area (TPSA) is 46.2 Å². The Labute approximate surface area is 115 Å². The highest BCUT2D eigenvalue weighted by Crippen LogP contribution is 2.28.